The summed E-state index contributed by atoms with van der Waals surface area (Å²) in [5.74, 6) is -0.586. The van der Waals surface area contributed by atoms with Gasteiger partial charge >= 0.3 is 0 Å². The molecule has 2 aromatic rings. The highest BCUT2D eigenvalue weighted by molar-refractivity contribution is 5.65. The number of amides is 1. The summed E-state index contributed by atoms with van der Waals surface area (Å²) >= 11 is 0. The van der Waals surface area contributed by atoms with E-state index in [1.54, 1.807) is 42.3 Å². The highest BCUT2D eigenvalue weighted by atomic mass is 19.1. The lowest BCUT2D eigenvalue weighted by Gasteiger charge is -2.18. The summed E-state index contributed by atoms with van der Waals surface area (Å²) in [4.78, 5) is 12.3. The van der Waals surface area contributed by atoms with Crippen LogP contribution in [0.3, 0.4) is 0 Å². The van der Waals surface area contributed by atoms with Crippen molar-refractivity contribution >= 4 is 6.41 Å². The molecule has 0 aromatic heterocycles. The zero-order valence-electron chi connectivity index (χ0n) is 14.2. The fourth-order valence-electron chi connectivity index (χ4n) is 3.38. The fraction of sp³-hybridized carbons (Fsp3) is 0.350. The summed E-state index contributed by atoms with van der Waals surface area (Å²) in [6, 6.07) is 11.5. The number of hydrogen-bond acceptors (Lipinski definition) is 2. The average Bonchev–Trinajstić information content (AvgIpc) is 3.09. The Bertz CT molecular complexity index is 750. The van der Waals surface area contributed by atoms with E-state index in [1.165, 1.54) is 12.1 Å². The summed E-state index contributed by atoms with van der Waals surface area (Å²) in [6.45, 7) is 0.672. The van der Waals surface area contributed by atoms with Gasteiger partial charge in [-0.3, -0.25) is 4.79 Å². The quantitative estimate of drug-likeness (QED) is 0.806. The molecule has 0 aliphatic carbocycles. The zero-order valence-corrected chi connectivity index (χ0v) is 14.2. The minimum atomic E-state index is -0.311. The van der Waals surface area contributed by atoms with Gasteiger partial charge in [0, 0.05) is 36.8 Å². The number of nitrogens with zero attached hydrogens (tertiary/aromatic N) is 1. The lowest BCUT2D eigenvalue weighted by atomic mass is 9.98. The maximum absolute atomic E-state index is 14.3. The lowest BCUT2D eigenvalue weighted by molar-refractivity contribution is -0.117. The van der Waals surface area contributed by atoms with E-state index in [2.05, 4.69) is 5.32 Å². The standard InChI is InChI=1S/C20H22F2N2O/c1-24(13-25)11-10-15-7-9-20(23-15)17-12-14(6-8-19(17)22)16-4-2-3-5-18(16)21/h2-6,8,12-13,15,20,23H,7,9-11H2,1H3/t15-,20+/m0/s1. The largest absolute Gasteiger partial charge is 0.348 e. The number of rotatable bonds is 6. The molecule has 1 amide bonds. The fourth-order valence-corrected chi connectivity index (χ4v) is 3.38. The molecule has 3 rings (SSSR count). The molecule has 1 fully saturated rings. The summed E-state index contributed by atoms with van der Waals surface area (Å²) < 4.78 is 28.4. The van der Waals surface area contributed by atoms with Crippen LogP contribution in [0.15, 0.2) is 42.5 Å². The van der Waals surface area contributed by atoms with E-state index in [9.17, 15) is 13.6 Å². The van der Waals surface area contributed by atoms with Gasteiger partial charge in [-0.05, 0) is 43.0 Å². The lowest BCUT2D eigenvalue weighted by Crippen LogP contribution is -2.29. The van der Waals surface area contributed by atoms with E-state index in [0.717, 1.165) is 25.7 Å². The Labute approximate surface area is 146 Å². The highest BCUT2D eigenvalue weighted by Crippen LogP contribution is 2.33. The van der Waals surface area contributed by atoms with Crippen LogP contribution in [0.5, 0.6) is 0 Å². The van der Waals surface area contributed by atoms with Gasteiger partial charge in [0.05, 0.1) is 0 Å². The van der Waals surface area contributed by atoms with Crippen LogP contribution < -0.4 is 5.32 Å². The van der Waals surface area contributed by atoms with E-state index < -0.39 is 0 Å². The van der Waals surface area contributed by atoms with E-state index in [0.29, 0.717) is 23.2 Å². The van der Waals surface area contributed by atoms with Gasteiger partial charge in [0.25, 0.3) is 0 Å². The van der Waals surface area contributed by atoms with Gasteiger partial charge < -0.3 is 10.2 Å². The number of carbonyl (C=O) groups is 1. The Hall–Kier alpha value is -2.27. The van der Waals surface area contributed by atoms with E-state index in [4.69, 9.17) is 0 Å². The van der Waals surface area contributed by atoms with Gasteiger partial charge in [-0.25, -0.2) is 8.78 Å². The summed E-state index contributed by atoms with van der Waals surface area (Å²) in [5, 5.41) is 3.44. The topological polar surface area (TPSA) is 32.3 Å². The summed E-state index contributed by atoms with van der Waals surface area (Å²) in [5.41, 5.74) is 1.73. The zero-order chi connectivity index (χ0) is 17.8. The van der Waals surface area contributed by atoms with Crippen LogP contribution in [0, 0.1) is 11.6 Å². The van der Waals surface area contributed by atoms with Crippen molar-refractivity contribution in [2.75, 3.05) is 13.6 Å². The minimum Gasteiger partial charge on any atom is -0.348 e. The molecule has 0 saturated carbocycles. The number of carbonyl (C=O) groups excluding carboxylic acids is 1. The van der Waals surface area contributed by atoms with Gasteiger partial charge in [0.1, 0.15) is 11.6 Å². The van der Waals surface area contributed by atoms with Crippen molar-refractivity contribution in [3.63, 3.8) is 0 Å². The smallest absolute Gasteiger partial charge is 0.209 e. The Kier molecular flexibility index (Phi) is 5.43. The second-order valence-corrected chi connectivity index (χ2v) is 6.58. The van der Waals surface area contributed by atoms with Crippen LogP contribution in [0.1, 0.15) is 30.9 Å². The first kappa shape index (κ1) is 17.5. The molecule has 25 heavy (non-hydrogen) atoms. The van der Waals surface area contributed by atoms with Crippen molar-refractivity contribution in [2.24, 2.45) is 0 Å². The molecule has 0 unspecified atom stereocenters. The van der Waals surface area contributed by atoms with Gasteiger partial charge in [-0.15, -0.1) is 0 Å². The molecule has 132 valence electrons. The molecule has 1 N–H and O–H groups in total. The molecule has 1 heterocycles. The molecule has 1 aliphatic heterocycles. The first-order valence-electron chi connectivity index (χ1n) is 8.54. The first-order chi connectivity index (χ1) is 12.1. The minimum absolute atomic E-state index is 0.0849. The number of halogens is 2. The molecule has 1 saturated heterocycles. The predicted molar refractivity (Wildman–Crippen MR) is 94.0 cm³/mol. The maximum Gasteiger partial charge on any atom is 0.209 e. The molecular weight excluding hydrogens is 322 g/mol. The van der Waals surface area contributed by atoms with E-state index >= 15 is 0 Å². The Morgan fingerprint density at radius 1 is 1.16 bits per heavy atom. The molecule has 2 atom stereocenters. The van der Waals surface area contributed by atoms with Crippen LogP contribution in [0.4, 0.5) is 8.78 Å². The molecule has 5 heteroatoms. The Morgan fingerprint density at radius 3 is 2.72 bits per heavy atom. The number of benzene rings is 2. The third-order valence-electron chi connectivity index (χ3n) is 4.81. The molecule has 3 nitrogen and oxygen atoms in total. The Morgan fingerprint density at radius 2 is 1.96 bits per heavy atom. The predicted octanol–water partition coefficient (Wildman–Crippen LogP) is 3.90. The van der Waals surface area contributed by atoms with Crippen LogP contribution in [-0.4, -0.2) is 30.9 Å². The molecule has 0 bridgehead atoms. The molecule has 2 aromatic carbocycles. The van der Waals surface area contributed by atoms with Crippen LogP contribution >= 0.6 is 0 Å². The summed E-state index contributed by atoms with van der Waals surface area (Å²) in [7, 11) is 1.75. The van der Waals surface area contributed by atoms with Crippen molar-refractivity contribution in [3.05, 3.63) is 59.7 Å². The molecule has 1 aliphatic rings. The SMILES string of the molecule is CN(C=O)CC[C@@H]1CC[C@H](c2cc(-c3ccccc3F)ccc2F)N1. The van der Waals surface area contributed by atoms with E-state index in [1.807, 2.05) is 0 Å². The number of nitrogens with one attached hydrogen (secondary N) is 1. The van der Waals surface area contributed by atoms with Crippen LogP contribution in [0.2, 0.25) is 0 Å². The monoisotopic (exact) mass is 344 g/mol. The van der Waals surface area contributed by atoms with E-state index in [-0.39, 0.29) is 23.7 Å². The van der Waals surface area contributed by atoms with Gasteiger partial charge in [-0.1, -0.05) is 24.3 Å². The van der Waals surface area contributed by atoms with Crippen LogP contribution in [-0.2, 0) is 4.79 Å². The second kappa shape index (κ2) is 7.74. The van der Waals surface area contributed by atoms with Crippen molar-refractivity contribution in [2.45, 2.75) is 31.3 Å². The summed E-state index contributed by atoms with van der Waals surface area (Å²) in [6.07, 6.45) is 3.40. The second-order valence-electron chi connectivity index (χ2n) is 6.58. The third kappa shape index (κ3) is 4.04. The van der Waals surface area contributed by atoms with Gasteiger partial charge in [-0.2, -0.15) is 0 Å². The van der Waals surface area contributed by atoms with Crippen LogP contribution in [0.25, 0.3) is 11.1 Å². The molecule has 0 spiro atoms. The maximum atomic E-state index is 14.3. The first-order valence-corrected chi connectivity index (χ1v) is 8.54. The van der Waals surface area contributed by atoms with Crippen molar-refractivity contribution in [1.29, 1.82) is 0 Å². The average molecular weight is 344 g/mol. The van der Waals surface area contributed by atoms with Crippen molar-refractivity contribution in [1.82, 2.24) is 10.2 Å². The normalized spacial score (nSPS) is 19.8. The van der Waals surface area contributed by atoms with Gasteiger partial charge in [0.15, 0.2) is 0 Å². The highest BCUT2D eigenvalue weighted by Gasteiger charge is 2.27. The molecule has 0 radical (unpaired) electrons. The molecular formula is C20H22F2N2O. The number of hydrogen-bond donors (Lipinski definition) is 1. The van der Waals surface area contributed by atoms with Crippen molar-refractivity contribution in [3.8, 4) is 11.1 Å². The Balaban J connectivity index is 1.76. The van der Waals surface area contributed by atoms with Crippen molar-refractivity contribution < 1.29 is 13.6 Å². The van der Waals surface area contributed by atoms with Gasteiger partial charge in [0.2, 0.25) is 6.41 Å². The third-order valence-corrected chi connectivity index (χ3v) is 4.81.